The zero-order chi connectivity index (χ0) is 27.6. The normalized spacial score (nSPS) is 14.9. The van der Waals surface area contributed by atoms with Crippen LogP contribution in [0.1, 0.15) is 30.5 Å². The van der Waals surface area contributed by atoms with E-state index in [1.165, 1.54) is 29.6 Å². The summed E-state index contributed by atoms with van der Waals surface area (Å²) in [6, 6.07) is 13.9. The molecule has 1 aliphatic rings. The van der Waals surface area contributed by atoms with Crippen molar-refractivity contribution >= 4 is 33.4 Å². The number of sulfonamides is 1. The third-order valence-electron chi connectivity index (χ3n) is 6.44. The van der Waals surface area contributed by atoms with Gasteiger partial charge in [0, 0.05) is 29.9 Å². The Bertz CT molecular complexity index is 1500. The van der Waals surface area contributed by atoms with Crippen LogP contribution in [0.3, 0.4) is 0 Å². The Morgan fingerprint density at radius 2 is 1.95 bits per heavy atom. The molecule has 0 bridgehead atoms. The number of rotatable bonds is 9. The second-order valence-corrected chi connectivity index (χ2v) is 11.4. The summed E-state index contributed by atoms with van der Waals surface area (Å²) < 4.78 is 55.1. The van der Waals surface area contributed by atoms with E-state index in [2.05, 4.69) is 11.9 Å². The van der Waals surface area contributed by atoms with E-state index in [9.17, 15) is 12.8 Å². The summed E-state index contributed by atoms with van der Waals surface area (Å²) in [6.07, 6.45) is 1.97. The molecule has 0 aliphatic carbocycles. The lowest BCUT2D eigenvalue weighted by Crippen LogP contribution is -2.43. The summed E-state index contributed by atoms with van der Waals surface area (Å²) in [5, 5.41) is 3.45. The fourth-order valence-electron chi connectivity index (χ4n) is 4.30. The zero-order valence-electron chi connectivity index (χ0n) is 21.7. The van der Waals surface area contributed by atoms with Crippen LogP contribution in [-0.4, -0.2) is 28.1 Å². The van der Waals surface area contributed by atoms with Crippen LogP contribution in [0.2, 0.25) is 5.02 Å². The Kier molecular flexibility index (Phi) is 8.04. The molecule has 3 aromatic rings. The van der Waals surface area contributed by atoms with E-state index in [1.807, 2.05) is 26.8 Å². The number of nitrogens with zero attached hydrogens (tertiary/aromatic N) is 1. The third kappa shape index (κ3) is 5.51. The minimum atomic E-state index is -4.02. The van der Waals surface area contributed by atoms with Crippen LogP contribution in [0, 0.1) is 12.7 Å². The summed E-state index contributed by atoms with van der Waals surface area (Å²) in [6.45, 7) is 9.75. The summed E-state index contributed by atoms with van der Waals surface area (Å²) in [5.74, 6) is 0.391. The number of benzene rings is 3. The topological polar surface area (TPSA) is 67.9 Å². The zero-order valence-corrected chi connectivity index (χ0v) is 23.3. The average Bonchev–Trinajstić information content (AvgIpc) is 2.87. The fraction of sp³-hybridized carbons (Fsp3) is 0.241. The fourth-order valence-corrected chi connectivity index (χ4v) is 6.20. The lowest BCUT2D eigenvalue weighted by molar-refractivity contribution is 0.300. The second-order valence-electron chi connectivity index (χ2n) is 9.17. The Morgan fingerprint density at radius 1 is 1.18 bits per heavy atom. The first-order valence-electron chi connectivity index (χ1n) is 12.0. The van der Waals surface area contributed by atoms with E-state index in [0.29, 0.717) is 29.3 Å². The van der Waals surface area contributed by atoms with Crippen molar-refractivity contribution in [3.05, 3.63) is 100.0 Å². The van der Waals surface area contributed by atoms with E-state index >= 15 is 0 Å². The van der Waals surface area contributed by atoms with Gasteiger partial charge in [-0.1, -0.05) is 30.3 Å². The van der Waals surface area contributed by atoms with Gasteiger partial charge in [-0.15, -0.1) is 0 Å². The molecule has 0 fully saturated rings. The average molecular weight is 557 g/mol. The Labute approximate surface area is 228 Å². The number of hydrogen-bond donors (Lipinski definition) is 1. The molecule has 0 amide bonds. The quantitative estimate of drug-likeness (QED) is 0.327. The molecule has 3 aromatic carbocycles. The minimum absolute atomic E-state index is 0.106. The van der Waals surface area contributed by atoms with E-state index in [1.54, 1.807) is 36.4 Å². The standard InChI is InChI=1S/C29H30ClFN2O4S/c1-18(2)32-16-22-13-21-10-11-23(37-17-25-26(30)7-6-8-27(25)31)14-28(21)33(20(22)4)38(34,35)24-12-9-19(3)29(15-24)36-5/h6-15,20,32H,1,16-17H2,2-5H3/t20-/m1/s1. The highest BCUT2D eigenvalue weighted by molar-refractivity contribution is 7.92. The molecule has 9 heteroatoms. The minimum Gasteiger partial charge on any atom is -0.496 e. The van der Waals surface area contributed by atoms with Crippen LogP contribution in [-0.2, 0) is 16.6 Å². The second kappa shape index (κ2) is 11.1. The molecule has 0 radical (unpaired) electrons. The van der Waals surface area contributed by atoms with Crippen molar-refractivity contribution in [3.63, 3.8) is 0 Å². The summed E-state index contributed by atoms with van der Waals surface area (Å²) >= 11 is 6.15. The van der Waals surface area contributed by atoms with Gasteiger partial charge >= 0.3 is 0 Å². The van der Waals surface area contributed by atoms with Gasteiger partial charge in [-0.2, -0.15) is 0 Å². The number of nitrogens with one attached hydrogen (secondary N) is 1. The highest BCUT2D eigenvalue weighted by Crippen LogP contribution is 2.40. The molecule has 1 heterocycles. The van der Waals surface area contributed by atoms with Gasteiger partial charge in [0.1, 0.15) is 23.9 Å². The number of aryl methyl sites for hydroxylation is 1. The van der Waals surface area contributed by atoms with Gasteiger partial charge in [0.2, 0.25) is 0 Å². The van der Waals surface area contributed by atoms with Crippen molar-refractivity contribution in [1.82, 2.24) is 5.32 Å². The molecule has 38 heavy (non-hydrogen) atoms. The monoisotopic (exact) mass is 556 g/mol. The third-order valence-corrected chi connectivity index (χ3v) is 8.68. The van der Waals surface area contributed by atoms with Gasteiger partial charge in [0.15, 0.2) is 0 Å². The molecule has 0 saturated carbocycles. The summed E-state index contributed by atoms with van der Waals surface area (Å²) in [4.78, 5) is 0.108. The highest BCUT2D eigenvalue weighted by Gasteiger charge is 2.36. The van der Waals surface area contributed by atoms with Crippen molar-refractivity contribution in [1.29, 1.82) is 0 Å². The maximum absolute atomic E-state index is 14.3. The number of ether oxygens (including phenoxy) is 2. The number of methoxy groups -OCH3 is 1. The molecular formula is C29H30ClFN2O4S. The van der Waals surface area contributed by atoms with Crippen LogP contribution in [0.25, 0.3) is 6.08 Å². The first kappa shape index (κ1) is 27.5. The smallest absolute Gasteiger partial charge is 0.265 e. The van der Waals surface area contributed by atoms with Crippen molar-refractivity contribution in [2.24, 2.45) is 0 Å². The van der Waals surface area contributed by atoms with Gasteiger partial charge in [0.25, 0.3) is 10.0 Å². The molecular weight excluding hydrogens is 527 g/mol. The molecule has 6 nitrogen and oxygen atoms in total. The predicted molar refractivity (Wildman–Crippen MR) is 150 cm³/mol. The molecule has 0 saturated heterocycles. The van der Waals surface area contributed by atoms with Crippen LogP contribution >= 0.6 is 11.6 Å². The van der Waals surface area contributed by atoms with Gasteiger partial charge in [-0.25, -0.2) is 12.8 Å². The lowest BCUT2D eigenvalue weighted by atomic mass is 9.98. The number of fused-ring (bicyclic) bond motifs is 1. The maximum atomic E-state index is 14.3. The number of halogens is 2. The first-order chi connectivity index (χ1) is 18.0. The lowest BCUT2D eigenvalue weighted by Gasteiger charge is -2.37. The molecule has 1 aliphatic heterocycles. The highest BCUT2D eigenvalue weighted by atomic mass is 35.5. The molecule has 0 aromatic heterocycles. The summed E-state index contributed by atoms with van der Waals surface area (Å²) in [5.41, 5.74) is 3.86. The molecule has 1 atom stereocenters. The van der Waals surface area contributed by atoms with Gasteiger partial charge in [-0.05, 0) is 73.9 Å². The number of allylic oxidation sites excluding steroid dienone is 1. The molecule has 0 spiro atoms. The molecule has 200 valence electrons. The summed E-state index contributed by atoms with van der Waals surface area (Å²) in [7, 11) is -2.51. The van der Waals surface area contributed by atoms with E-state index in [0.717, 1.165) is 16.8 Å². The van der Waals surface area contributed by atoms with Gasteiger partial charge < -0.3 is 14.8 Å². The largest absolute Gasteiger partial charge is 0.496 e. The van der Waals surface area contributed by atoms with E-state index in [4.69, 9.17) is 21.1 Å². The van der Waals surface area contributed by atoms with Gasteiger partial charge in [-0.3, -0.25) is 4.31 Å². The maximum Gasteiger partial charge on any atom is 0.265 e. The van der Waals surface area contributed by atoms with E-state index in [-0.39, 0.29) is 22.1 Å². The van der Waals surface area contributed by atoms with E-state index < -0.39 is 21.9 Å². The van der Waals surface area contributed by atoms with Crippen LogP contribution in [0.5, 0.6) is 11.5 Å². The van der Waals surface area contributed by atoms with Crippen molar-refractivity contribution < 1.29 is 22.3 Å². The predicted octanol–water partition coefficient (Wildman–Crippen LogP) is 6.48. The Morgan fingerprint density at radius 3 is 2.63 bits per heavy atom. The molecule has 0 unspecified atom stereocenters. The number of hydrogen-bond acceptors (Lipinski definition) is 5. The number of anilines is 1. The Balaban J connectivity index is 1.77. The SMILES string of the molecule is C=C(C)NCC1=Cc2ccc(OCc3c(F)cccc3Cl)cc2N(S(=O)(=O)c2ccc(C)c(OC)c2)[C@@H]1C. The van der Waals surface area contributed by atoms with Crippen LogP contribution in [0.4, 0.5) is 10.1 Å². The van der Waals surface area contributed by atoms with Crippen molar-refractivity contribution in [3.8, 4) is 11.5 Å². The van der Waals surface area contributed by atoms with Crippen molar-refractivity contribution in [2.75, 3.05) is 18.0 Å². The van der Waals surface area contributed by atoms with Crippen LogP contribution in [0.15, 0.2) is 77.3 Å². The Hall–Kier alpha value is -3.49. The van der Waals surface area contributed by atoms with Crippen LogP contribution < -0.4 is 19.1 Å². The molecule has 1 N–H and O–H groups in total. The molecule has 4 rings (SSSR count). The first-order valence-corrected chi connectivity index (χ1v) is 13.8. The van der Waals surface area contributed by atoms with Crippen molar-refractivity contribution in [2.45, 2.75) is 38.3 Å². The van der Waals surface area contributed by atoms with Gasteiger partial charge in [0.05, 0.1) is 28.8 Å².